The Kier molecular flexibility index (Phi) is 8.51. The first-order valence-electron chi connectivity index (χ1n) is 5.93. The minimum absolute atomic E-state index is 0.0222. The lowest BCUT2D eigenvalue weighted by molar-refractivity contribution is -0.159. The van der Waals surface area contributed by atoms with Gasteiger partial charge in [0, 0.05) is 6.04 Å². The van der Waals surface area contributed by atoms with Crippen LogP contribution in [0, 0.1) is 0 Å². The molecule has 118 valence electrons. The second-order valence-electron chi connectivity index (χ2n) is 4.00. The molecule has 0 heterocycles. The average Bonchev–Trinajstić information content (AvgIpc) is 2.47. The number of benzene rings is 1. The van der Waals surface area contributed by atoms with E-state index < -0.39 is 11.9 Å². The fourth-order valence-electron chi connectivity index (χ4n) is 1.49. The standard InChI is InChI=1S/C11H17NO3.C2H2O4/c1-8(12-13)7-9-5-4-6-10(14-2)11(9)15-3;3-1(4)2(5)6/h4-6,8,12-13H,7H2,1-3H3;(H,3,4)(H,5,6). The normalized spacial score (nSPS) is 10.9. The van der Waals surface area contributed by atoms with Crippen LogP contribution in [0.15, 0.2) is 18.2 Å². The van der Waals surface area contributed by atoms with E-state index in [2.05, 4.69) is 5.48 Å². The predicted octanol–water partition coefficient (Wildman–Crippen LogP) is 0.769. The molecule has 0 radical (unpaired) electrons. The highest BCUT2D eigenvalue weighted by atomic mass is 16.5. The summed E-state index contributed by atoms with van der Waals surface area (Å²) in [7, 11) is 3.22. The lowest BCUT2D eigenvalue weighted by Crippen LogP contribution is -2.24. The van der Waals surface area contributed by atoms with Crippen molar-refractivity contribution in [3.8, 4) is 11.5 Å². The van der Waals surface area contributed by atoms with Gasteiger partial charge in [0.2, 0.25) is 0 Å². The fraction of sp³-hybridized carbons (Fsp3) is 0.385. The number of hydroxylamine groups is 1. The summed E-state index contributed by atoms with van der Waals surface area (Å²) in [5, 5.41) is 23.5. The molecule has 8 heteroatoms. The van der Waals surface area contributed by atoms with Crippen molar-refractivity contribution in [1.82, 2.24) is 5.48 Å². The van der Waals surface area contributed by atoms with Crippen molar-refractivity contribution in [2.45, 2.75) is 19.4 Å². The zero-order valence-electron chi connectivity index (χ0n) is 12.0. The van der Waals surface area contributed by atoms with Crippen molar-refractivity contribution in [3.63, 3.8) is 0 Å². The average molecular weight is 301 g/mol. The van der Waals surface area contributed by atoms with Crippen molar-refractivity contribution in [2.24, 2.45) is 0 Å². The molecule has 8 nitrogen and oxygen atoms in total. The first kappa shape index (κ1) is 18.7. The molecule has 4 N–H and O–H groups in total. The Morgan fingerprint density at radius 3 is 2.14 bits per heavy atom. The van der Waals surface area contributed by atoms with Gasteiger partial charge in [0.25, 0.3) is 0 Å². The van der Waals surface area contributed by atoms with Crippen LogP contribution >= 0.6 is 0 Å². The number of hydrogen-bond acceptors (Lipinski definition) is 6. The number of ether oxygens (including phenoxy) is 2. The van der Waals surface area contributed by atoms with Crippen LogP contribution in [0.5, 0.6) is 11.5 Å². The van der Waals surface area contributed by atoms with Crippen molar-refractivity contribution >= 4 is 11.9 Å². The number of carbonyl (C=O) groups is 2. The topological polar surface area (TPSA) is 125 Å². The Hall–Kier alpha value is -2.32. The van der Waals surface area contributed by atoms with Gasteiger partial charge in [-0.1, -0.05) is 12.1 Å². The maximum absolute atomic E-state index is 9.10. The van der Waals surface area contributed by atoms with Gasteiger partial charge in [-0.3, -0.25) is 0 Å². The molecule has 1 aromatic rings. The fourth-order valence-corrected chi connectivity index (χ4v) is 1.49. The van der Waals surface area contributed by atoms with Gasteiger partial charge in [0.05, 0.1) is 14.2 Å². The van der Waals surface area contributed by atoms with Crippen LogP contribution in [-0.4, -0.2) is 47.6 Å². The second kappa shape index (κ2) is 9.56. The van der Waals surface area contributed by atoms with E-state index in [0.29, 0.717) is 12.2 Å². The van der Waals surface area contributed by atoms with Crippen LogP contribution in [0.4, 0.5) is 0 Å². The van der Waals surface area contributed by atoms with E-state index in [9.17, 15) is 0 Å². The molecular weight excluding hydrogens is 282 g/mol. The highest BCUT2D eigenvalue weighted by Gasteiger charge is 2.11. The van der Waals surface area contributed by atoms with Crippen LogP contribution in [0.3, 0.4) is 0 Å². The maximum Gasteiger partial charge on any atom is 0.414 e. The van der Waals surface area contributed by atoms with Crippen LogP contribution in [-0.2, 0) is 16.0 Å². The summed E-state index contributed by atoms with van der Waals surface area (Å²) < 4.78 is 10.5. The maximum atomic E-state index is 9.10. The number of carboxylic acid groups (broad SMARTS) is 2. The molecule has 1 aromatic carbocycles. The SMILES string of the molecule is COc1cccc(CC(C)NO)c1OC.O=C(O)C(=O)O. The molecule has 0 fully saturated rings. The zero-order valence-corrected chi connectivity index (χ0v) is 12.0. The molecule has 1 rings (SSSR count). The third-order valence-corrected chi connectivity index (χ3v) is 2.41. The molecule has 0 aliphatic carbocycles. The number of aliphatic carboxylic acids is 2. The monoisotopic (exact) mass is 301 g/mol. The molecular formula is C13H19NO7. The number of rotatable bonds is 5. The van der Waals surface area contributed by atoms with Crippen molar-refractivity contribution in [3.05, 3.63) is 23.8 Å². The molecule has 21 heavy (non-hydrogen) atoms. The Labute approximate surface area is 121 Å². The van der Waals surface area contributed by atoms with E-state index in [1.807, 2.05) is 25.1 Å². The van der Waals surface area contributed by atoms with E-state index in [1.54, 1.807) is 14.2 Å². The summed E-state index contributed by atoms with van der Waals surface area (Å²) in [6.45, 7) is 1.89. The Bertz CT molecular complexity index is 464. The summed E-state index contributed by atoms with van der Waals surface area (Å²) in [6.07, 6.45) is 0.677. The van der Waals surface area contributed by atoms with Gasteiger partial charge < -0.3 is 24.9 Å². The Morgan fingerprint density at radius 1 is 1.19 bits per heavy atom. The number of carboxylic acids is 2. The van der Waals surface area contributed by atoms with Gasteiger partial charge in [-0.05, 0) is 25.0 Å². The molecule has 0 saturated heterocycles. The van der Waals surface area contributed by atoms with Crippen molar-refractivity contribution < 1.29 is 34.5 Å². The quantitative estimate of drug-likeness (QED) is 0.464. The van der Waals surface area contributed by atoms with E-state index in [-0.39, 0.29) is 6.04 Å². The molecule has 0 aliphatic rings. The minimum atomic E-state index is -1.82. The lowest BCUT2D eigenvalue weighted by atomic mass is 10.1. The molecule has 0 aromatic heterocycles. The third-order valence-electron chi connectivity index (χ3n) is 2.41. The van der Waals surface area contributed by atoms with Gasteiger partial charge in [-0.25, -0.2) is 15.1 Å². The van der Waals surface area contributed by atoms with Crippen LogP contribution in [0.1, 0.15) is 12.5 Å². The van der Waals surface area contributed by atoms with Gasteiger partial charge in [-0.15, -0.1) is 0 Å². The van der Waals surface area contributed by atoms with E-state index in [4.69, 9.17) is 34.5 Å². The molecule has 0 spiro atoms. The Balaban J connectivity index is 0.000000567. The van der Waals surface area contributed by atoms with Crippen LogP contribution < -0.4 is 15.0 Å². The highest BCUT2D eigenvalue weighted by molar-refractivity contribution is 6.27. The molecule has 1 atom stereocenters. The van der Waals surface area contributed by atoms with Crippen LogP contribution in [0.25, 0.3) is 0 Å². The molecule has 1 unspecified atom stereocenters. The van der Waals surface area contributed by atoms with Gasteiger partial charge in [0.15, 0.2) is 11.5 Å². The number of hydrogen-bond donors (Lipinski definition) is 4. The van der Waals surface area contributed by atoms with E-state index >= 15 is 0 Å². The van der Waals surface area contributed by atoms with Gasteiger partial charge in [0.1, 0.15) is 0 Å². The second-order valence-corrected chi connectivity index (χ2v) is 4.00. The first-order valence-corrected chi connectivity index (χ1v) is 5.93. The predicted molar refractivity (Wildman–Crippen MR) is 72.9 cm³/mol. The zero-order chi connectivity index (χ0) is 16.4. The number of para-hydroxylation sites is 1. The van der Waals surface area contributed by atoms with Crippen molar-refractivity contribution in [1.29, 1.82) is 0 Å². The third kappa shape index (κ3) is 6.59. The lowest BCUT2D eigenvalue weighted by Gasteiger charge is -2.14. The summed E-state index contributed by atoms with van der Waals surface area (Å²) >= 11 is 0. The van der Waals surface area contributed by atoms with Gasteiger partial charge >= 0.3 is 11.9 Å². The Morgan fingerprint density at radius 2 is 1.76 bits per heavy atom. The van der Waals surface area contributed by atoms with E-state index in [1.165, 1.54) is 0 Å². The molecule has 0 saturated carbocycles. The first-order chi connectivity index (χ1) is 9.87. The molecule has 0 amide bonds. The number of methoxy groups -OCH3 is 2. The smallest absolute Gasteiger partial charge is 0.414 e. The van der Waals surface area contributed by atoms with Crippen molar-refractivity contribution in [2.75, 3.05) is 14.2 Å². The van der Waals surface area contributed by atoms with E-state index in [0.717, 1.165) is 11.3 Å². The minimum Gasteiger partial charge on any atom is -0.493 e. The highest BCUT2D eigenvalue weighted by Crippen LogP contribution is 2.31. The van der Waals surface area contributed by atoms with Crippen LogP contribution in [0.2, 0.25) is 0 Å². The largest absolute Gasteiger partial charge is 0.493 e. The van der Waals surface area contributed by atoms with Gasteiger partial charge in [-0.2, -0.15) is 0 Å². The summed E-state index contributed by atoms with van der Waals surface area (Å²) in [5.74, 6) is -2.22. The summed E-state index contributed by atoms with van der Waals surface area (Å²) in [6, 6.07) is 5.68. The molecule has 0 aliphatic heterocycles. The summed E-state index contributed by atoms with van der Waals surface area (Å²) in [5.41, 5.74) is 3.21. The molecule has 0 bridgehead atoms. The summed E-state index contributed by atoms with van der Waals surface area (Å²) in [4.78, 5) is 18.2. The number of nitrogens with one attached hydrogen (secondary N) is 1.